The molecule has 0 aromatic carbocycles. The SMILES string of the molecule is NN1CCNCC1C1CCCCC1. The van der Waals surface area contributed by atoms with E-state index in [9.17, 15) is 0 Å². The lowest BCUT2D eigenvalue weighted by atomic mass is 9.83. The molecule has 0 aromatic heterocycles. The Labute approximate surface area is 80.6 Å². The van der Waals surface area contributed by atoms with Gasteiger partial charge in [-0.05, 0) is 18.8 Å². The van der Waals surface area contributed by atoms with E-state index in [1.807, 2.05) is 0 Å². The van der Waals surface area contributed by atoms with Crippen molar-refractivity contribution in [2.75, 3.05) is 19.6 Å². The molecule has 0 spiro atoms. The Bertz CT molecular complexity index is 154. The quantitative estimate of drug-likeness (QED) is 0.588. The molecular weight excluding hydrogens is 162 g/mol. The molecule has 0 bridgehead atoms. The highest BCUT2D eigenvalue weighted by atomic mass is 15.4. The van der Waals surface area contributed by atoms with Gasteiger partial charge >= 0.3 is 0 Å². The average molecular weight is 183 g/mol. The summed E-state index contributed by atoms with van der Waals surface area (Å²) in [6, 6.07) is 0.606. The van der Waals surface area contributed by atoms with Gasteiger partial charge in [-0.1, -0.05) is 19.3 Å². The zero-order chi connectivity index (χ0) is 9.10. The average Bonchev–Trinajstić information content (AvgIpc) is 2.20. The second-order valence-electron chi connectivity index (χ2n) is 4.41. The van der Waals surface area contributed by atoms with Crippen molar-refractivity contribution in [3.8, 4) is 0 Å². The number of nitrogens with two attached hydrogens (primary N) is 1. The lowest BCUT2D eigenvalue weighted by molar-refractivity contribution is 0.0933. The molecule has 76 valence electrons. The van der Waals surface area contributed by atoms with Gasteiger partial charge in [0.25, 0.3) is 0 Å². The van der Waals surface area contributed by atoms with Crippen LogP contribution in [0.4, 0.5) is 0 Å². The van der Waals surface area contributed by atoms with Crippen molar-refractivity contribution in [1.82, 2.24) is 10.3 Å². The molecule has 3 heteroatoms. The lowest BCUT2D eigenvalue weighted by Crippen LogP contribution is -2.57. The smallest absolute Gasteiger partial charge is 0.0394 e. The Morgan fingerprint density at radius 1 is 1.15 bits per heavy atom. The summed E-state index contributed by atoms with van der Waals surface area (Å²) in [5.41, 5.74) is 0. The summed E-state index contributed by atoms with van der Waals surface area (Å²) >= 11 is 0. The van der Waals surface area contributed by atoms with Crippen LogP contribution in [0.15, 0.2) is 0 Å². The molecule has 1 unspecified atom stereocenters. The Morgan fingerprint density at radius 2 is 1.92 bits per heavy atom. The Balaban J connectivity index is 1.88. The molecule has 0 aromatic rings. The summed E-state index contributed by atoms with van der Waals surface area (Å²) in [5.74, 6) is 6.86. The highest BCUT2D eigenvalue weighted by Gasteiger charge is 2.28. The minimum Gasteiger partial charge on any atom is -0.314 e. The molecule has 1 aliphatic heterocycles. The van der Waals surface area contributed by atoms with Gasteiger partial charge < -0.3 is 5.32 Å². The van der Waals surface area contributed by atoms with Gasteiger partial charge in [0.2, 0.25) is 0 Å². The molecule has 1 saturated heterocycles. The molecule has 2 fully saturated rings. The van der Waals surface area contributed by atoms with E-state index in [1.165, 1.54) is 32.1 Å². The fraction of sp³-hybridized carbons (Fsp3) is 1.00. The Kier molecular flexibility index (Phi) is 3.19. The zero-order valence-electron chi connectivity index (χ0n) is 8.34. The lowest BCUT2D eigenvalue weighted by Gasteiger charge is -2.39. The highest BCUT2D eigenvalue weighted by molar-refractivity contribution is 4.84. The summed E-state index contributed by atoms with van der Waals surface area (Å²) in [6.07, 6.45) is 7.03. The Morgan fingerprint density at radius 3 is 2.62 bits per heavy atom. The molecule has 1 atom stereocenters. The van der Waals surface area contributed by atoms with E-state index in [-0.39, 0.29) is 0 Å². The standard InChI is InChI=1S/C10H21N3/c11-13-7-6-12-8-10(13)9-4-2-1-3-5-9/h9-10,12H,1-8,11H2. The van der Waals surface area contributed by atoms with E-state index < -0.39 is 0 Å². The van der Waals surface area contributed by atoms with Crippen molar-refractivity contribution in [3.05, 3.63) is 0 Å². The van der Waals surface area contributed by atoms with Crippen molar-refractivity contribution >= 4 is 0 Å². The number of hydrogen-bond acceptors (Lipinski definition) is 3. The fourth-order valence-electron chi connectivity index (χ4n) is 2.70. The summed E-state index contributed by atoms with van der Waals surface area (Å²) in [5, 5.41) is 5.50. The van der Waals surface area contributed by atoms with Crippen LogP contribution in [0, 0.1) is 5.92 Å². The Hall–Kier alpha value is -0.120. The fourth-order valence-corrected chi connectivity index (χ4v) is 2.70. The van der Waals surface area contributed by atoms with Crippen LogP contribution in [0.1, 0.15) is 32.1 Å². The van der Waals surface area contributed by atoms with E-state index in [2.05, 4.69) is 10.3 Å². The third-order valence-electron chi connectivity index (χ3n) is 3.52. The molecule has 0 amide bonds. The molecule has 1 heterocycles. The number of piperazine rings is 1. The monoisotopic (exact) mass is 183 g/mol. The van der Waals surface area contributed by atoms with Crippen LogP contribution >= 0.6 is 0 Å². The largest absolute Gasteiger partial charge is 0.314 e. The van der Waals surface area contributed by atoms with Gasteiger partial charge in [-0.3, -0.25) is 5.84 Å². The van der Waals surface area contributed by atoms with Gasteiger partial charge in [-0.25, -0.2) is 5.01 Å². The van der Waals surface area contributed by atoms with Crippen LogP contribution in [0.5, 0.6) is 0 Å². The second-order valence-corrected chi connectivity index (χ2v) is 4.41. The minimum atomic E-state index is 0.606. The number of hydrazine groups is 1. The predicted octanol–water partition coefficient (Wildman–Crippen LogP) is 0.714. The maximum atomic E-state index is 6.00. The third kappa shape index (κ3) is 2.22. The molecular formula is C10H21N3. The first-order valence-corrected chi connectivity index (χ1v) is 5.60. The molecule has 1 aliphatic carbocycles. The molecule has 3 N–H and O–H groups in total. The molecule has 2 aliphatic rings. The summed E-state index contributed by atoms with van der Waals surface area (Å²) in [6.45, 7) is 3.17. The first kappa shape index (κ1) is 9.44. The van der Waals surface area contributed by atoms with E-state index in [0.717, 1.165) is 25.6 Å². The molecule has 0 radical (unpaired) electrons. The van der Waals surface area contributed by atoms with E-state index in [0.29, 0.717) is 6.04 Å². The molecule has 1 saturated carbocycles. The summed E-state index contributed by atoms with van der Waals surface area (Å²) in [4.78, 5) is 0. The van der Waals surface area contributed by atoms with Gasteiger partial charge in [-0.2, -0.15) is 0 Å². The third-order valence-corrected chi connectivity index (χ3v) is 3.52. The van der Waals surface area contributed by atoms with E-state index in [1.54, 1.807) is 0 Å². The van der Waals surface area contributed by atoms with Crippen LogP contribution in [-0.2, 0) is 0 Å². The van der Waals surface area contributed by atoms with E-state index in [4.69, 9.17) is 5.84 Å². The normalized spacial score (nSPS) is 33.5. The number of nitrogens with zero attached hydrogens (tertiary/aromatic N) is 1. The van der Waals surface area contributed by atoms with Gasteiger partial charge in [0.05, 0.1) is 0 Å². The summed E-state index contributed by atoms with van der Waals surface area (Å²) < 4.78 is 0. The van der Waals surface area contributed by atoms with Crippen LogP contribution in [0.25, 0.3) is 0 Å². The van der Waals surface area contributed by atoms with Gasteiger partial charge in [0.15, 0.2) is 0 Å². The van der Waals surface area contributed by atoms with Crippen LogP contribution < -0.4 is 11.2 Å². The van der Waals surface area contributed by atoms with Crippen molar-refractivity contribution in [2.24, 2.45) is 11.8 Å². The van der Waals surface area contributed by atoms with Gasteiger partial charge in [0, 0.05) is 25.7 Å². The second kappa shape index (κ2) is 4.40. The van der Waals surface area contributed by atoms with Crippen molar-refractivity contribution in [2.45, 2.75) is 38.1 Å². The van der Waals surface area contributed by atoms with Crippen LogP contribution in [0.2, 0.25) is 0 Å². The van der Waals surface area contributed by atoms with Crippen molar-refractivity contribution < 1.29 is 0 Å². The highest BCUT2D eigenvalue weighted by Crippen LogP contribution is 2.28. The van der Waals surface area contributed by atoms with E-state index >= 15 is 0 Å². The van der Waals surface area contributed by atoms with Crippen LogP contribution in [-0.4, -0.2) is 30.7 Å². The number of rotatable bonds is 1. The van der Waals surface area contributed by atoms with Crippen molar-refractivity contribution in [3.63, 3.8) is 0 Å². The van der Waals surface area contributed by atoms with Gasteiger partial charge in [-0.15, -0.1) is 0 Å². The predicted molar refractivity (Wildman–Crippen MR) is 54.1 cm³/mol. The molecule has 3 nitrogen and oxygen atoms in total. The van der Waals surface area contributed by atoms with Crippen molar-refractivity contribution in [1.29, 1.82) is 0 Å². The van der Waals surface area contributed by atoms with Crippen LogP contribution in [0.3, 0.4) is 0 Å². The first-order chi connectivity index (χ1) is 6.38. The van der Waals surface area contributed by atoms with Gasteiger partial charge in [0.1, 0.15) is 0 Å². The summed E-state index contributed by atoms with van der Waals surface area (Å²) in [7, 11) is 0. The zero-order valence-corrected chi connectivity index (χ0v) is 8.34. The maximum Gasteiger partial charge on any atom is 0.0394 e. The molecule has 2 rings (SSSR count). The number of nitrogens with one attached hydrogen (secondary N) is 1. The topological polar surface area (TPSA) is 41.3 Å². The first-order valence-electron chi connectivity index (χ1n) is 5.60. The number of hydrogen-bond donors (Lipinski definition) is 2. The minimum absolute atomic E-state index is 0.606. The molecule has 13 heavy (non-hydrogen) atoms. The maximum absolute atomic E-state index is 6.00.